The van der Waals surface area contributed by atoms with Gasteiger partial charge in [0.15, 0.2) is 0 Å². The summed E-state index contributed by atoms with van der Waals surface area (Å²) in [5.74, 6) is -0.214. The third kappa shape index (κ3) is 3.33. The van der Waals surface area contributed by atoms with Gasteiger partial charge in [0.2, 0.25) is 0 Å². The molecule has 1 amide bonds. The molecule has 5 nitrogen and oxygen atoms in total. The quantitative estimate of drug-likeness (QED) is 0.735. The molecule has 1 fully saturated rings. The number of amides is 1. The first-order chi connectivity index (χ1) is 9.30. The van der Waals surface area contributed by atoms with Crippen LogP contribution >= 0.6 is 26.6 Å². The topological polar surface area (TPSA) is 63.7 Å². The van der Waals surface area contributed by atoms with Gasteiger partial charge < -0.3 is 9.64 Å². The summed E-state index contributed by atoms with van der Waals surface area (Å²) in [7, 11) is 1.47. The molecule has 0 unspecified atom stereocenters. The van der Waals surface area contributed by atoms with Crippen molar-refractivity contribution < 1.29 is 17.9 Å². The molecule has 0 saturated carbocycles. The Bertz CT molecular complexity index is 641. The van der Waals surface area contributed by atoms with Gasteiger partial charge >= 0.3 is 0 Å². The lowest BCUT2D eigenvalue weighted by Gasteiger charge is -2.27. The Hall–Kier alpha value is -0.630. The number of ether oxygens (including phenoxy) is 1. The molecule has 2 rings (SSSR count). The van der Waals surface area contributed by atoms with Gasteiger partial charge in [0.25, 0.3) is 15.0 Å². The third-order valence-electron chi connectivity index (χ3n) is 3.13. The van der Waals surface area contributed by atoms with Crippen LogP contribution in [0.5, 0.6) is 0 Å². The van der Waals surface area contributed by atoms with Gasteiger partial charge in [-0.3, -0.25) is 4.79 Å². The van der Waals surface area contributed by atoms with Gasteiger partial charge in [-0.1, -0.05) is 15.9 Å². The number of benzene rings is 1. The lowest BCUT2D eigenvalue weighted by atomic mass is 10.1. The predicted octanol–water partition coefficient (Wildman–Crippen LogP) is 2.16. The normalized spacial score (nSPS) is 16.2. The van der Waals surface area contributed by atoms with Crippen LogP contribution in [0.2, 0.25) is 0 Å². The fraction of sp³-hybridized carbons (Fsp3) is 0.417. The molecule has 1 aromatic rings. The summed E-state index contributed by atoms with van der Waals surface area (Å²) in [6.07, 6.45) is 0. The van der Waals surface area contributed by atoms with Gasteiger partial charge in [-0.15, -0.1) is 0 Å². The van der Waals surface area contributed by atoms with Crippen LogP contribution in [0, 0.1) is 6.92 Å². The molecule has 0 aromatic heterocycles. The summed E-state index contributed by atoms with van der Waals surface area (Å²) in [5.41, 5.74) is 1.02. The minimum Gasteiger partial charge on any atom is -0.378 e. The van der Waals surface area contributed by atoms with Gasteiger partial charge in [0, 0.05) is 33.8 Å². The maximum atomic E-state index is 12.5. The van der Waals surface area contributed by atoms with Crippen molar-refractivity contribution in [1.29, 1.82) is 0 Å². The average molecular weight is 383 g/mol. The first-order valence-corrected chi connectivity index (χ1v) is 9.03. The minimum absolute atomic E-state index is 0.0896. The van der Waals surface area contributed by atoms with E-state index in [0.29, 0.717) is 41.9 Å². The number of carbonyl (C=O) groups is 1. The van der Waals surface area contributed by atoms with Crippen molar-refractivity contribution in [2.75, 3.05) is 26.3 Å². The van der Waals surface area contributed by atoms with Crippen LogP contribution in [0.4, 0.5) is 0 Å². The summed E-state index contributed by atoms with van der Waals surface area (Å²) in [4.78, 5) is 14.0. The zero-order valence-corrected chi connectivity index (χ0v) is 13.9. The van der Waals surface area contributed by atoms with Crippen LogP contribution in [0.3, 0.4) is 0 Å². The number of hydrogen-bond acceptors (Lipinski definition) is 4. The van der Waals surface area contributed by atoms with Gasteiger partial charge in [-0.05, 0) is 24.6 Å². The fourth-order valence-electron chi connectivity index (χ4n) is 1.95. The summed E-state index contributed by atoms with van der Waals surface area (Å²) in [6, 6.07) is 2.72. The first kappa shape index (κ1) is 15.8. The number of carbonyl (C=O) groups excluding carboxylic acids is 1. The van der Waals surface area contributed by atoms with Gasteiger partial charge in [0.1, 0.15) is 0 Å². The van der Waals surface area contributed by atoms with Gasteiger partial charge in [0.05, 0.1) is 18.1 Å². The molecular weight excluding hydrogens is 370 g/mol. The van der Waals surface area contributed by atoms with Crippen LogP contribution in [0.1, 0.15) is 15.9 Å². The molecule has 1 saturated heterocycles. The van der Waals surface area contributed by atoms with Gasteiger partial charge in [-0.2, -0.15) is 0 Å². The van der Waals surface area contributed by atoms with E-state index in [2.05, 4.69) is 15.9 Å². The highest BCUT2D eigenvalue weighted by molar-refractivity contribution is 9.10. The van der Waals surface area contributed by atoms with Crippen molar-refractivity contribution in [2.24, 2.45) is 0 Å². The summed E-state index contributed by atoms with van der Waals surface area (Å²) in [5, 5.41) is 0. The number of nitrogens with zero attached hydrogens (tertiary/aromatic N) is 1. The van der Waals surface area contributed by atoms with E-state index in [1.54, 1.807) is 11.8 Å². The molecule has 1 aliphatic rings. The third-order valence-corrected chi connectivity index (χ3v) is 5.29. The van der Waals surface area contributed by atoms with E-state index in [1.807, 2.05) is 0 Å². The Kier molecular flexibility index (Phi) is 4.73. The van der Waals surface area contributed by atoms with Crippen molar-refractivity contribution in [2.45, 2.75) is 11.8 Å². The second-order valence-corrected chi connectivity index (χ2v) is 7.84. The molecule has 1 heterocycles. The maximum Gasteiger partial charge on any atom is 0.261 e. The molecular formula is C12H13BrClNO4S. The molecule has 1 aromatic carbocycles. The molecule has 0 radical (unpaired) electrons. The predicted molar refractivity (Wildman–Crippen MR) is 78.6 cm³/mol. The van der Waals surface area contributed by atoms with E-state index < -0.39 is 9.05 Å². The lowest BCUT2D eigenvalue weighted by Crippen LogP contribution is -2.41. The van der Waals surface area contributed by atoms with E-state index in [4.69, 9.17) is 15.4 Å². The molecule has 0 bridgehead atoms. The molecule has 20 heavy (non-hydrogen) atoms. The van der Waals surface area contributed by atoms with Crippen LogP contribution in [0.15, 0.2) is 21.5 Å². The van der Waals surface area contributed by atoms with Crippen molar-refractivity contribution in [3.8, 4) is 0 Å². The lowest BCUT2D eigenvalue weighted by molar-refractivity contribution is 0.0302. The number of halogens is 2. The highest BCUT2D eigenvalue weighted by Crippen LogP contribution is 2.27. The van der Waals surface area contributed by atoms with Crippen molar-refractivity contribution in [3.05, 3.63) is 27.7 Å². The Morgan fingerprint density at radius 2 is 1.95 bits per heavy atom. The van der Waals surface area contributed by atoms with Gasteiger partial charge in [-0.25, -0.2) is 8.42 Å². The zero-order valence-electron chi connectivity index (χ0n) is 10.7. The second-order valence-electron chi connectivity index (χ2n) is 4.42. The highest BCUT2D eigenvalue weighted by atomic mass is 79.9. The van der Waals surface area contributed by atoms with E-state index in [-0.39, 0.29) is 10.8 Å². The van der Waals surface area contributed by atoms with E-state index >= 15 is 0 Å². The maximum absolute atomic E-state index is 12.5. The Morgan fingerprint density at radius 3 is 2.50 bits per heavy atom. The molecule has 0 atom stereocenters. The monoisotopic (exact) mass is 381 g/mol. The van der Waals surface area contributed by atoms with Crippen LogP contribution in [-0.2, 0) is 13.8 Å². The summed E-state index contributed by atoms with van der Waals surface area (Å²) < 4.78 is 28.6. The summed E-state index contributed by atoms with van der Waals surface area (Å²) in [6.45, 7) is 3.71. The highest BCUT2D eigenvalue weighted by Gasteiger charge is 2.23. The largest absolute Gasteiger partial charge is 0.378 e. The molecule has 110 valence electrons. The number of rotatable bonds is 2. The minimum atomic E-state index is -3.88. The van der Waals surface area contributed by atoms with Crippen LogP contribution < -0.4 is 0 Å². The standard InChI is InChI=1S/C12H13BrClNO4S/c1-8-10(12(16)15-2-4-19-5-3-15)6-9(7-11(8)13)20(14,17)18/h6-7H,2-5H2,1H3. The second kappa shape index (κ2) is 6.01. The SMILES string of the molecule is Cc1c(Br)cc(S(=O)(=O)Cl)cc1C(=O)N1CCOCC1. The Labute approximate surface area is 130 Å². The molecule has 1 aliphatic heterocycles. The van der Waals surface area contributed by atoms with E-state index in [9.17, 15) is 13.2 Å². The first-order valence-electron chi connectivity index (χ1n) is 5.92. The van der Waals surface area contributed by atoms with Crippen molar-refractivity contribution in [3.63, 3.8) is 0 Å². The van der Waals surface area contributed by atoms with Crippen LogP contribution in [0.25, 0.3) is 0 Å². The number of hydrogen-bond donors (Lipinski definition) is 0. The van der Waals surface area contributed by atoms with Crippen LogP contribution in [-0.4, -0.2) is 45.5 Å². The number of morpholine rings is 1. The average Bonchev–Trinajstić information content (AvgIpc) is 2.40. The smallest absolute Gasteiger partial charge is 0.261 e. The van der Waals surface area contributed by atoms with E-state index in [1.165, 1.54) is 12.1 Å². The zero-order chi connectivity index (χ0) is 14.9. The Morgan fingerprint density at radius 1 is 1.35 bits per heavy atom. The summed E-state index contributed by atoms with van der Waals surface area (Å²) >= 11 is 3.26. The molecule has 0 N–H and O–H groups in total. The Balaban J connectivity index is 2.44. The molecule has 0 spiro atoms. The van der Waals surface area contributed by atoms with Crippen molar-refractivity contribution >= 4 is 41.6 Å². The molecule has 0 aliphatic carbocycles. The fourth-order valence-corrected chi connectivity index (χ4v) is 3.35. The van der Waals surface area contributed by atoms with E-state index in [0.717, 1.165) is 0 Å². The molecule has 8 heteroatoms. The van der Waals surface area contributed by atoms with Crippen molar-refractivity contribution in [1.82, 2.24) is 4.90 Å².